The first-order valence-corrected chi connectivity index (χ1v) is 4.70. The molecule has 0 saturated heterocycles. The van der Waals surface area contributed by atoms with Gasteiger partial charge in [0.1, 0.15) is 5.15 Å². The van der Waals surface area contributed by atoms with Crippen LogP contribution < -0.4 is 4.74 Å². The molecule has 0 atom stereocenters. The number of alkyl halides is 2. The minimum atomic E-state index is -2.60. The zero-order valence-corrected chi connectivity index (χ0v) is 9.44. The Bertz CT molecular complexity index is 322. The van der Waals surface area contributed by atoms with Gasteiger partial charge in [-0.3, -0.25) is 0 Å². The van der Waals surface area contributed by atoms with E-state index in [9.17, 15) is 8.78 Å². The summed E-state index contributed by atoms with van der Waals surface area (Å²) < 4.78 is 29.9. The molecule has 1 aromatic heterocycles. The van der Waals surface area contributed by atoms with Gasteiger partial charge in [-0.1, -0.05) is 11.6 Å². The summed E-state index contributed by atoms with van der Waals surface area (Å²) >= 11 is 7.46. The van der Waals surface area contributed by atoms with Crippen molar-refractivity contribution in [2.24, 2.45) is 0 Å². The molecule has 0 fully saturated rings. The number of halogens is 4. The quantitative estimate of drug-likeness (QED) is 0.616. The highest BCUT2D eigenvalue weighted by Crippen LogP contribution is 2.31. The van der Waals surface area contributed by atoms with Crippen molar-refractivity contribution in [3.63, 3.8) is 0 Å². The van der Waals surface area contributed by atoms with E-state index in [1.807, 2.05) is 22.6 Å². The van der Waals surface area contributed by atoms with Crippen LogP contribution in [0, 0.1) is 3.57 Å². The zero-order chi connectivity index (χ0) is 10.0. The first-order valence-electron chi connectivity index (χ1n) is 3.24. The number of hydrogen-bond donors (Lipinski definition) is 0. The van der Waals surface area contributed by atoms with Crippen LogP contribution in [0.1, 0.15) is 12.0 Å². The third-order valence-electron chi connectivity index (χ3n) is 1.35. The van der Waals surface area contributed by atoms with Crippen LogP contribution in [0.3, 0.4) is 0 Å². The molecule has 72 valence electrons. The number of aromatic nitrogens is 1. The lowest BCUT2D eigenvalue weighted by Gasteiger charge is -2.07. The molecule has 1 aromatic rings. The molecule has 1 heterocycles. The summed E-state index contributed by atoms with van der Waals surface area (Å²) in [4.78, 5) is 3.67. The lowest BCUT2D eigenvalue weighted by Crippen LogP contribution is -1.97. The van der Waals surface area contributed by atoms with Crippen molar-refractivity contribution in [1.29, 1.82) is 0 Å². The summed E-state index contributed by atoms with van der Waals surface area (Å²) in [7, 11) is 1.28. The molecule has 0 unspecified atom stereocenters. The summed E-state index contributed by atoms with van der Waals surface area (Å²) in [6, 6.07) is 1.26. The van der Waals surface area contributed by atoms with Crippen LogP contribution in [-0.2, 0) is 0 Å². The molecule has 1 rings (SSSR count). The van der Waals surface area contributed by atoms with E-state index in [2.05, 4.69) is 9.72 Å². The normalized spacial score (nSPS) is 10.6. The van der Waals surface area contributed by atoms with E-state index >= 15 is 0 Å². The Kier molecular flexibility index (Phi) is 3.66. The lowest BCUT2D eigenvalue weighted by atomic mass is 10.3. The van der Waals surface area contributed by atoms with Crippen molar-refractivity contribution in [2.45, 2.75) is 6.43 Å². The van der Waals surface area contributed by atoms with Crippen LogP contribution in [-0.4, -0.2) is 12.1 Å². The van der Waals surface area contributed by atoms with Gasteiger partial charge in [-0.15, -0.1) is 0 Å². The number of methoxy groups -OCH3 is 1. The fourth-order valence-corrected chi connectivity index (χ4v) is 1.37. The average molecular weight is 319 g/mol. The predicted octanol–water partition coefficient (Wildman–Crippen LogP) is 3.29. The Hall–Kier alpha value is -0.170. The second kappa shape index (κ2) is 4.36. The Morgan fingerprint density at radius 2 is 2.23 bits per heavy atom. The van der Waals surface area contributed by atoms with Crippen molar-refractivity contribution in [3.8, 4) is 5.88 Å². The van der Waals surface area contributed by atoms with Crippen LogP contribution in [0.4, 0.5) is 8.78 Å². The first kappa shape index (κ1) is 10.9. The minimum Gasteiger partial charge on any atom is -0.481 e. The largest absolute Gasteiger partial charge is 0.481 e. The Morgan fingerprint density at radius 1 is 1.62 bits per heavy atom. The monoisotopic (exact) mass is 319 g/mol. The van der Waals surface area contributed by atoms with Crippen LogP contribution in [0.15, 0.2) is 6.07 Å². The molecule has 0 radical (unpaired) electrons. The van der Waals surface area contributed by atoms with Crippen molar-refractivity contribution >= 4 is 34.2 Å². The van der Waals surface area contributed by atoms with Crippen LogP contribution >= 0.6 is 34.2 Å². The number of hydrogen-bond acceptors (Lipinski definition) is 2. The van der Waals surface area contributed by atoms with Gasteiger partial charge in [-0.05, 0) is 28.7 Å². The summed E-state index contributed by atoms with van der Waals surface area (Å²) in [5.74, 6) is -0.125. The number of nitrogens with zero attached hydrogens (tertiary/aromatic N) is 1. The molecule has 0 saturated carbocycles. The topological polar surface area (TPSA) is 22.1 Å². The Labute approximate surface area is 92.4 Å². The molecule has 0 bridgehead atoms. The van der Waals surface area contributed by atoms with Crippen LogP contribution in [0.2, 0.25) is 5.15 Å². The highest BCUT2D eigenvalue weighted by atomic mass is 127. The number of ether oxygens (including phenoxy) is 1. The van der Waals surface area contributed by atoms with Gasteiger partial charge in [0.25, 0.3) is 6.43 Å². The van der Waals surface area contributed by atoms with Gasteiger partial charge in [-0.2, -0.15) is 0 Å². The van der Waals surface area contributed by atoms with Crippen molar-refractivity contribution in [2.75, 3.05) is 7.11 Å². The Morgan fingerprint density at radius 3 is 2.69 bits per heavy atom. The number of pyridine rings is 1. The maximum atomic E-state index is 12.4. The molecule has 0 aliphatic rings. The SMILES string of the molecule is COc1nc(Cl)c(I)cc1C(F)F. The first-order chi connectivity index (χ1) is 6.06. The number of rotatable bonds is 2. The maximum Gasteiger partial charge on any atom is 0.269 e. The van der Waals surface area contributed by atoms with E-state index in [1.165, 1.54) is 13.2 Å². The molecule has 13 heavy (non-hydrogen) atoms. The highest BCUT2D eigenvalue weighted by molar-refractivity contribution is 14.1. The fraction of sp³-hybridized carbons (Fsp3) is 0.286. The average Bonchev–Trinajstić information content (AvgIpc) is 2.08. The predicted molar refractivity (Wildman–Crippen MR) is 53.5 cm³/mol. The highest BCUT2D eigenvalue weighted by Gasteiger charge is 2.17. The van der Waals surface area contributed by atoms with Crippen LogP contribution in [0.25, 0.3) is 0 Å². The van der Waals surface area contributed by atoms with Gasteiger partial charge >= 0.3 is 0 Å². The fourth-order valence-electron chi connectivity index (χ4n) is 0.785. The molecule has 0 spiro atoms. The second-order valence-electron chi connectivity index (χ2n) is 2.16. The van der Waals surface area contributed by atoms with E-state index in [1.54, 1.807) is 0 Å². The molecular weight excluding hydrogens is 314 g/mol. The molecule has 0 aromatic carbocycles. The van der Waals surface area contributed by atoms with Crippen molar-refractivity contribution < 1.29 is 13.5 Å². The summed E-state index contributed by atoms with van der Waals surface area (Å²) in [6.07, 6.45) is -2.60. The third-order valence-corrected chi connectivity index (χ3v) is 2.78. The van der Waals surface area contributed by atoms with Crippen molar-refractivity contribution in [1.82, 2.24) is 4.98 Å². The third kappa shape index (κ3) is 2.40. The standard InChI is InChI=1S/C7H5ClF2INO/c1-13-7-3(6(9)10)2-4(11)5(8)12-7/h2,6H,1H3. The van der Waals surface area contributed by atoms with E-state index < -0.39 is 6.43 Å². The van der Waals surface area contributed by atoms with Gasteiger partial charge in [0.2, 0.25) is 5.88 Å². The molecular formula is C7H5ClF2INO. The maximum absolute atomic E-state index is 12.4. The van der Waals surface area contributed by atoms with E-state index in [0.29, 0.717) is 3.57 Å². The van der Waals surface area contributed by atoms with E-state index in [-0.39, 0.29) is 16.6 Å². The van der Waals surface area contributed by atoms with E-state index in [0.717, 1.165) is 0 Å². The molecule has 0 N–H and O–H groups in total. The minimum absolute atomic E-state index is 0.125. The summed E-state index contributed by atoms with van der Waals surface area (Å²) in [6.45, 7) is 0. The van der Waals surface area contributed by atoms with Crippen LogP contribution in [0.5, 0.6) is 5.88 Å². The molecule has 0 amide bonds. The smallest absolute Gasteiger partial charge is 0.269 e. The van der Waals surface area contributed by atoms with Gasteiger partial charge in [0, 0.05) is 0 Å². The Balaban J connectivity index is 3.25. The van der Waals surface area contributed by atoms with Gasteiger partial charge in [0.05, 0.1) is 16.2 Å². The lowest BCUT2D eigenvalue weighted by molar-refractivity contribution is 0.146. The molecule has 0 aliphatic carbocycles. The molecule has 6 heteroatoms. The zero-order valence-electron chi connectivity index (χ0n) is 6.52. The summed E-state index contributed by atoms with van der Waals surface area (Å²) in [5.41, 5.74) is -0.240. The van der Waals surface area contributed by atoms with E-state index in [4.69, 9.17) is 11.6 Å². The molecule has 0 aliphatic heterocycles. The van der Waals surface area contributed by atoms with Crippen molar-refractivity contribution in [3.05, 3.63) is 20.4 Å². The van der Waals surface area contributed by atoms with Gasteiger partial charge in [-0.25, -0.2) is 13.8 Å². The van der Waals surface area contributed by atoms with Gasteiger partial charge < -0.3 is 4.74 Å². The van der Waals surface area contributed by atoms with Gasteiger partial charge in [0.15, 0.2) is 0 Å². The summed E-state index contributed by atoms with van der Waals surface area (Å²) in [5, 5.41) is 0.168. The second-order valence-corrected chi connectivity index (χ2v) is 3.68. The molecule has 2 nitrogen and oxygen atoms in total.